The Morgan fingerprint density at radius 1 is 0.783 bits per heavy atom. The number of anilines is 2. The number of nitrogens with one attached hydrogen (secondary N) is 1. The first kappa shape index (κ1) is 29.4. The third-order valence-electron chi connectivity index (χ3n) is 8.13. The summed E-state index contributed by atoms with van der Waals surface area (Å²) < 4.78 is 8.08. The van der Waals surface area contributed by atoms with Gasteiger partial charge in [-0.05, 0) is 36.4 Å². The van der Waals surface area contributed by atoms with Gasteiger partial charge in [-0.3, -0.25) is 14.4 Å². The zero-order chi connectivity index (χ0) is 31.8. The topological polar surface area (TPSA) is 111 Å². The molecular formula is C35H29ClN6O4. The Morgan fingerprint density at radius 2 is 1.37 bits per heavy atom. The summed E-state index contributed by atoms with van der Waals surface area (Å²) in [5.74, 6) is -0.420. The number of hydrogen-bond donors (Lipinski definition) is 1. The van der Waals surface area contributed by atoms with E-state index in [1.165, 1.54) is 9.36 Å². The molecule has 2 aromatic heterocycles. The van der Waals surface area contributed by atoms with Gasteiger partial charge >= 0.3 is 0 Å². The van der Waals surface area contributed by atoms with Crippen molar-refractivity contribution in [2.45, 2.75) is 6.54 Å². The van der Waals surface area contributed by atoms with Gasteiger partial charge < -0.3 is 15.0 Å². The minimum Gasteiger partial charge on any atom is -0.378 e. The van der Waals surface area contributed by atoms with E-state index in [2.05, 4.69) is 20.4 Å². The fraction of sp³-hybridized carbons (Fsp3) is 0.171. The van der Waals surface area contributed by atoms with E-state index in [9.17, 15) is 14.4 Å². The maximum atomic E-state index is 13.7. The van der Waals surface area contributed by atoms with Crippen LogP contribution in [0.15, 0.2) is 101 Å². The van der Waals surface area contributed by atoms with Gasteiger partial charge in [0, 0.05) is 47.1 Å². The molecule has 0 saturated carbocycles. The van der Waals surface area contributed by atoms with E-state index < -0.39 is 5.91 Å². The molecule has 0 unspecified atom stereocenters. The SMILES string of the molecule is Cn1nc(-c2ccc(N3CCOCC3)c(NC(=O)Cn3nc(-c4ccc(Cl)cc4)c4ccccc4c3=O)c2)c2ccccc2c1=O. The molecule has 0 aliphatic carbocycles. The predicted octanol–water partition coefficient (Wildman–Crippen LogP) is 5.11. The minimum atomic E-state index is -0.420. The van der Waals surface area contributed by atoms with Crippen LogP contribution in [0, 0.1) is 0 Å². The molecule has 0 atom stereocenters. The molecular weight excluding hydrogens is 604 g/mol. The van der Waals surface area contributed by atoms with Crippen LogP contribution >= 0.6 is 11.6 Å². The summed E-state index contributed by atoms with van der Waals surface area (Å²) in [6.45, 7) is 2.12. The van der Waals surface area contributed by atoms with E-state index in [-0.39, 0.29) is 17.7 Å². The van der Waals surface area contributed by atoms with Gasteiger partial charge in [0.05, 0.1) is 46.7 Å². The first-order valence-electron chi connectivity index (χ1n) is 14.9. The molecule has 6 aromatic rings. The molecule has 1 fully saturated rings. The molecule has 1 aliphatic rings. The molecule has 4 aromatic carbocycles. The lowest BCUT2D eigenvalue weighted by Crippen LogP contribution is -2.37. The summed E-state index contributed by atoms with van der Waals surface area (Å²) in [5.41, 5.74) is 3.49. The predicted molar refractivity (Wildman–Crippen MR) is 181 cm³/mol. The number of hydrogen-bond acceptors (Lipinski definition) is 7. The molecule has 0 radical (unpaired) electrons. The van der Waals surface area contributed by atoms with Gasteiger partial charge in [-0.25, -0.2) is 9.36 Å². The van der Waals surface area contributed by atoms with Crippen molar-refractivity contribution in [1.82, 2.24) is 19.6 Å². The Kier molecular flexibility index (Phi) is 7.81. The first-order valence-corrected chi connectivity index (χ1v) is 15.2. The van der Waals surface area contributed by atoms with E-state index in [0.29, 0.717) is 69.9 Å². The van der Waals surface area contributed by atoms with Crippen molar-refractivity contribution in [2.24, 2.45) is 7.05 Å². The quantitative estimate of drug-likeness (QED) is 0.272. The number of morpholine rings is 1. The van der Waals surface area contributed by atoms with Crippen LogP contribution in [0.2, 0.25) is 5.02 Å². The second-order valence-electron chi connectivity index (χ2n) is 11.1. The smallest absolute Gasteiger partial charge is 0.275 e. The van der Waals surface area contributed by atoms with E-state index in [0.717, 1.165) is 16.8 Å². The van der Waals surface area contributed by atoms with Crippen LogP contribution in [0.5, 0.6) is 0 Å². The number of aromatic nitrogens is 4. The Labute approximate surface area is 268 Å². The number of carbonyl (C=O) groups is 1. The molecule has 230 valence electrons. The van der Waals surface area contributed by atoms with Crippen molar-refractivity contribution >= 4 is 50.4 Å². The van der Waals surface area contributed by atoms with Gasteiger partial charge in [-0.15, -0.1) is 0 Å². The van der Waals surface area contributed by atoms with E-state index in [1.807, 2.05) is 60.7 Å². The summed E-state index contributed by atoms with van der Waals surface area (Å²) in [6.07, 6.45) is 0. The minimum absolute atomic E-state index is 0.191. The number of rotatable bonds is 6. The normalized spacial score (nSPS) is 13.3. The number of nitrogens with zero attached hydrogens (tertiary/aromatic N) is 5. The Hall–Kier alpha value is -5.32. The largest absolute Gasteiger partial charge is 0.378 e. The van der Waals surface area contributed by atoms with Gasteiger partial charge in [-0.2, -0.15) is 10.2 Å². The monoisotopic (exact) mass is 632 g/mol. The summed E-state index contributed by atoms with van der Waals surface area (Å²) in [4.78, 5) is 42.2. The highest BCUT2D eigenvalue weighted by atomic mass is 35.5. The zero-order valence-corrected chi connectivity index (χ0v) is 25.7. The fourth-order valence-electron chi connectivity index (χ4n) is 5.87. The first-order chi connectivity index (χ1) is 22.4. The summed E-state index contributed by atoms with van der Waals surface area (Å²) >= 11 is 6.12. The number of carbonyl (C=O) groups excluding carboxylic acids is 1. The average molecular weight is 633 g/mol. The van der Waals surface area contributed by atoms with Crippen LogP contribution in [-0.4, -0.2) is 51.8 Å². The Bertz CT molecular complexity index is 2240. The molecule has 1 amide bonds. The number of amides is 1. The zero-order valence-electron chi connectivity index (χ0n) is 24.9. The van der Waals surface area contributed by atoms with Gasteiger partial charge in [0.15, 0.2) is 0 Å². The van der Waals surface area contributed by atoms with Crippen molar-refractivity contribution in [3.8, 4) is 22.5 Å². The molecule has 46 heavy (non-hydrogen) atoms. The third-order valence-corrected chi connectivity index (χ3v) is 8.38. The van der Waals surface area contributed by atoms with Crippen LogP contribution in [-0.2, 0) is 23.1 Å². The van der Waals surface area contributed by atoms with Crippen LogP contribution in [0.1, 0.15) is 0 Å². The van der Waals surface area contributed by atoms with Gasteiger partial charge in [0.25, 0.3) is 11.1 Å². The Morgan fingerprint density at radius 3 is 2.04 bits per heavy atom. The molecule has 0 bridgehead atoms. The molecule has 1 N–H and O–H groups in total. The molecule has 7 rings (SSSR count). The maximum Gasteiger partial charge on any atom is 0.275 e. The maximum absolute atomic E-state index is 13.7. The number of fused-ring (bicyclic) bond motifs is 2. The molecule has 0 spiro atoms. The van der Waals surface area contributed by atoms with Crippen molar-refractivity contribution in [2.75, 3.05) is 36.5 Å². The summed E-state index contributed by atoms with van der Waals surface area (Å²) in [5, 5.41) is 15.3. The molecule has 1 aliphatic heterocycles. The van der Waals surface area contributed by atoms with Crippen molar-refractivity contribution in [3.63, 3.8) is 0 Å². The van der Waals surface area contributed by atoms with Crippen LogP contribution in [0.25, 0.3) is 44.1 Å². The lowest BCUT2D eigenvalue weighted by atomic mass is 10.0. The highest BCUT2D eigenvalue weighted by Crippen LogP contribution is 2.34. The lowest BCUT2D eigenvalue weighted by molar-refractivity contribution is -0.117. The number of halogens is 1. The molecule has 3 heterocycles. The standard InChI is InChI=1S/C35H29ClN6O4/c1-40-34(44)27-8-4-2-6-25(27)33(38-40)23-12-15-30(41-16-18-46-19-17-41)29(20-23)37-31(43)21-42-35(45)28-9-5-3-7-26(28)32(39-42)22-10-13-24(36)14-11-22/h2-15,20H,16-19,21H2,1H3,(H,37,43). The second-order valence-corrected chi connectivity index (χ2v) is 11.5. The fourth-order valence-corrected chi connectivity index (χ4v) is 5.99. The summed E-state index contributed by atoms with van der Waals surface area (Å²) in [7, 11) is 1.62. The molecule has 1 saturated heterocycles. The second kappa shape index (κ2) is 12.2. The van der Waals surface area contributed by atoms with Gasteiger partial charge in [0.1, 0.15) is 6.54 Å². The van der Waals surface area contributed by atoms with E-state index in [1.54, 1.807) is 37.4 Å². The van der Waals surface area contributed by atoms with Crippen LogP contribution in [0.4, 0.5) is 11.4 Å². The highest BCUT2D eigenvalue weighted by Gasteiger charge is 2.20. The van der Waals surface area contributed by atoms with Crippen LogP contribution in [0.3, 0.4) is 0 Å². The Balaban J connectivity index is 1.28. The third kappa shape index (κ3) is 5.53. The number of benzene rings is 4. The molecule has 11 heteroatoms. The average Bonchev–Trinajstić information content (AvgIpc) is 3.08. The van der Waals surface area contributed by atoms with Gasteiger partial charge in [0.2, 0.25) is 5.91 Å². The van der Waals surface area contributed by atoms with Crippen LogP contribution < -0.4 is 21.3 Å². The van der Waals surface area contributed by atoms with Crippen molar-refractivity contribution in [3.05, 3.63) is 117 Å². The van der Waals surface area contributed by atoms with E-state index in [4.69, 9.17) is 16.3 Å². The molecule has 10 nitrogen and oxygen atoms in total. The van der Waals surface area contributed by atoms with Crippen molar-refractivity contribution < 1.29 is 9.53 Å². The highest BCUT2D eigenvalue weighted by molar-refractivity contribution is 6.30. The van der Waals surface area contributed by atoms with Crippen molar-refractivity contribution in [1.29, 1.82) is 0 Å². The summed E-state index contributed by atoms with van der Waals surface area (Å²) in [6, 6.07) is 27.5. The number of aryl methyl sites for hydroxylation is 1. The number of ether oxygens (including phenoxy) is 1. The lowest BCUT2D eigenvalue weighted by Gasteiger charge is -2.31. The van der Waals surface area contributed by atoms with Gasteiger partial charge in [-0.1, -0.05) is 66.2 Å². The van der Waals surface area contributed by atoms with E-state index >= 15 is 0 Å².